The lowest BCUT2D eigenvalue weighted by Gasteiger charge is -2.13. The van der Waals surface area contributed by atoms with Crippen LogP contribution in [0.4, 0.5) is 0 Å². The molecule has 9 heteroatoms. The maximum atomic E-state index is 11.6. The highest BCUT2D eigenvalue weighted by Crippen LogP contribution is 1.99. The Labute approximate surface area is 105 Å². The minimum absolute atomic E-state index is 0.245. The monoisotopic (exact) mass is 280 g/mol. The number of carboxylic acid groups (broad SMARTS) is 1. The molecule has 1 unspecified atom stereocenters. The lowest BCUT2D eigenvalue weighted by Crippen LogP contribution is -2.45. The minimum Gasteiger partial charge on any atom is -0.480 e. The van der Waals surface area contributed by atoms with E-state index in [1.165, 1.54) is 7.05 Å². The fraction of sp³-hybridized carbons (Fsp3) is 0.667. The van der Waals surface area contributed by atoms with Crippen LogP contribution in [0, 0.1) is 0 Å². The molecule has 0 bridgehead atoms. The maximum absolute atomic E-state index is 11.6. The molecule has 8 nitrogen and oxygen atoms in total. The van der Waals surface area contributed by atoms with Gasteiger partial charge >= 0.3 is 5.97 Å². The summed E-state index contributed by atoms with van der Waals surface area (Å²) in [5.74, 6) is -3.72. The van der Waals surface area contributed by atoms with Crippen LogP contribution in [-0.2, 0) is 24.2 Å². The molecule has 18 heavy (non-hydrogen) atoms. The second-order valence-corrected chi connectivity index (χ2v) is 5.86. The van der Waals surface area contributed by atoms with E-state index in [4.69, 9.17) is 5.11 Å². The number of rotatable bonds is 7. The number of hydrogen-bond acceptors (Lipinski definition) is 5. The normalized spacial score (nSPS) is 12.6. The summed E-state index contributed by atoms with van der Waals surface area (Å²) in [7, 11) is -2.37. The molecular weight excluding hydrogens is 264 g/mol. The standard InChI is InChI=1S/C9H16N2O6S/c1-6(12)11-7(9(14)15)5-18(16,17)4-3-8(13)10-2/h7H,3-5H2,1-2H3,(H,10,13)(H,11,12)(H,14,15). The molecular formula is C9H16N2O6S. The molecule has 0 radical (unpaired) electrons. The van der Waals surface area contributed by atoms with Gasteiger partial charge in [-0.2, -0.15) is 0 Å². The fourth-order valence-electron chi connectivity index (χ4n) is 1.13. The molecule has 0 aromatic heterocycles. The Hall–Kier alpha value is -1.64. The lowest BCUT2D eigenvalue weighted by atomic mass is 10.3. The molecule has 0 saturated heterocycles. The van der Waals surface area contributed by atoms with Crippen molar-refractivity contribution in [2.24, 2.45) is 0 Å². The number of carbonyl (C=O) groups excluding carboxylic acids is 2. The average molecular weight is 280 g/mol. The van der Waals surface area contributed by atoms with Gasteiger partial charge in [0.1, 0.15) is 6.04 Å². The zero-order valence-electron chi connectivity index (χ0n) is 10.1. The summed E-state index contributed by atoms with van der Waals surface area (Å²) in [5, 5.41) is 13.0. The van der Waals surface area contributed by atoms with E-state index in [1.54, 1.807) is 0 Å². The second kappa shape index (κ2) is 6.94. The molecule has 1 atom stereocenters. The maximum Gasteiger partial charge on any atom is 0.327 e. The van der Waals surface area contributed by atoms with Crippen LogP contribution in [0.25, 0.3) is 0 Å². The van der Waals surface area contributed by atoms with E-state index in [0.29, 0.717) is 0 Å². The van der Waals surface area contributed by atoms with Crippen molar-refractivity contribution in [1.29, 1.82) is 0 Å². The van der Waals surface area contributed by atoms with Crippen molar-refractivity contribution >= 4 is 27.6 Å². The Bertz CT molecular complexity index is 430. The van der Waals surface area contributed by atoms with Crippen molar-refractivity contribution in [3.8, 4) is 0 Å². The van der Waals surface area contributed by atoms with Crippen LogP contribution in [0.15, 0.2) is 0 Å². The second-order valence-electron chi connectivity index (χ2n) is 3.63. The van der Waals surface area contributed by atoms with Gasteiger partial charge < -0.3 is 15.7 Å². The topological polar surface area (TPSA) is 130 Å². The van der Waals surface area contributed by atoms with Crippen molar-refractivity contribution in [2.75, 3.05) is 18.6 Å². The van der Waals surface area contributed by atoms with Gasteiger partial charge in [-0.3, -0.25) is 9.59 Å². The number of carbonyl (C=O) groups is 3. The number of sulfone groups is 1. The van der Waals surface area contributed by atoms with Gasteiger partial charge in [-0.05, 0) is 0 Å². The molecule has 0 aliphatic heterocycles. The third-order valence-electron chi connectivity index (χ3n) is 2.02. The summed E-state index contributed by atoms with van der Waals surface area (Å²) in [5.41, 5.74) is 0. The Kier molecular flexibility index (Phi) is 6.31. The van der Waals surface area contributed by atoms with E-state index in [-0.39, 0.29) is 6.42 Å². The lowest BCUT2D eigenvalue weighted by molar-refractivity contribution is -0.140. The molecule has 0 rings (SSSR count). The van der Waals surface area contributed by atoms with Crippen molar-refractivity contribution < 1.29 is 27.9 Å². The first-order valence-electron chi connectivity index (χ1n) is 5.09. The molecule has 104 valence electrons. The predicted octanol–water partition coefficient (Wildman–Crippen LogP) is -1.87. The van der Waals surface area contributed by atoms with Gasteiger partial charge in [0.05, 0.1) is 11.5 Å². The zero-order valence-corrected chi connectivity index (χ0v) is 10.9. The molecule has 0 saturated carbocycles. The molecule has 0 spiro atoms. The first-order valence-corrected chi connectivity index (χ1v) is 6.91. The van der Waals surface area contributed by atoms with Crippen molar-refractivity contribution in [1.82, 2.24) is 10.6 Å². The molecule has 3 N–H and O–H groups in total. The minimum atomic E-state index is -3.73. The number of aliphatic carboxylic acids is 1. The first-order chi connectivity index (χ1) is 8.18. The van der Waals surface area contributed by atoms with Crippen LogP contribution < -0.4 is 10.6 Å². The number of amides is 2. The predicted molar refractivity (Wildman–Crippen MR) is 62.6 cm³/mol. The van der Waals surface area contributed by atoms with Crippen LogP contribution in [-0.4, -0.2) is 55.9 Å². The van der Waals surface area contributed by atoms with Crippen LogP contribution in [0.5, 0.6) is 0 Å². The van der Waals surface area contributed by atoms with Gasteiger partial charge in [-0.1, -0.05) is 0 Å². The number of hydrogen-bond donors (Lipinski definition) is 3. The van der Waals surface area contributed by atoms with Gasteiger partial charge in [0, 0.05) is 20.4 Å². The average Bonchev–Trinajstić information content (AvgIpc) is 2.24. The highest BCUT2D eigenvalue weighted by molar-refractivity contribution is 7.91. The van der Waals surface area contributed by atoms with Crippen molar-refractivity contribution in [2.45, 2.75) is 19.4 Å². The molecule has 0 heterocycles. The van der Waals surface area contributed by atoms with E-state index in [0.717, 1.165) is 6.92 Å². The summed E-state index contributed by atoms with van der Waals surface area (Å²) in [6.07, 6.45) is -0.245. The number of nitrogens with one attached hydrogen (secondary N) is 2. The third-order valence-corrected chi connectivity index (χ3v) is 3.68. The van der Waals surface area contributed by atoms with Crippen molar-refractivity contribution in [3.63, 3.8) is 0 Å². The Morgan fingerprint density at radius 2 is 1.83 bits per heavy atom. The molecule has 0 fully saturated rings. The van der Waals surface area contributed by atoms with E-state index in [1.807, 2.05) is 5.32 Å². The molecule has 2 amide bonds. The SMILES string of the molecule is CNC(=O)CCS(=O)(=O)CC(NC(C)=O)C(=O)O. The van der Waals surface area contributed by atoms with Gasteiger partial charge in [-0.25, -0.2) is 13.2 Å². The first kappa shape index (κ1) is 16.4. The summed E-state index contributed by atoms with van der Waals surface area (Å²) < 4.78 is 23.1. The van der Waals surface area contributed by atoms with Crippen molar-refractivity contribution in [3.05, 3.63) is 0 Å². The zero-order chi connectivity index (χ0) is 14.3. The van der Waals surface area contributed by atoms with E-state index >= 15 is 0 Å². The van der Waals surface area contributed by atoms with E-state index in [9.17, 15) is 22.8 Å². The Morgan fingerprint density at radius 1 is 1.28 bits per heavy atom. The van der Waals surface area contributed by atoms with Crippen LogP contribution >= 0.6 is 0 Å². The summed E-state index contributed by atoms with van der Waals surface area (Å²) >= 11 is 0. The van der Waals surface area contributed by atoms with Gasteiger partial charge in [0.15, 0.2) is 9.84 Å². The third kappa shape index (κ3) is 6.84. The Balaban J connectivity index is 4.56. The van der Waals surface area contributed by atoms with E-state index in [2.05, 4.69) is 5.32 Å². The van der Waals surface area contributed by atoms with Gasteiger partial charge in [0.25, 0.3) is 0 Å². The summed E-state index contributed by atoms with van der Waals surface area (Å²) in [6.45, 7) is 1.09. The smallest absolute Gasteiger partial charge is 0.327 e. The van der Waals surface area contributed by atoms with E-state index < -0.39 is 45.2 Å². The summed E-state index contributed by atoms with van der Waals surface area (Å²) in [4.78, 5) is 32.4. The Morgan fingerprint density at radius 3 is 2.22 bits per heavy atom. The molecule has 0 aromatic carbocycles. The highest BCUT2D eigenvalue weighted by atomic mass is 32.2. The van der Waals surface area contributed by atoms with Crippen LogP contribution in [0.3, 0.4) is 0 Å². The molecule has 0 aromatic rings. The fourth-order valence-corrected chi connectivity index (χ4v) is 2.53. The molecule has 0 aliphatic carbocycles. The quantitative estimate of drug-likeness (QED) is 0.501. The number of carboxylic acids is 1. The van der Waals surface area contributed by atoms with Crippen LogP contribution in [0.1, 0.15) is 13.3 Å². The van der Waals surface area contributed by atoms with Crippen LogP contribution in [0.2, 0.25) is 0 Å². The summed E-state index contributed by atoms with van der Waals surface area (Å²) in [6, 6.07) is -1.50. The van der Waals surface area contributed by atoms with Gasteiger partial charge in [-0.15, -0.1) is 0 Å². The molecule has 0 aliphatic rings. The van der Waals surface area contributed by atoms with Gasteiger partial charge in [0.2, 0.25) is 11.8 Å². The largest absolute Gasteiger partial charge is 0.480 e. The highest BCUT2D eigenvalue weighted by Gasteiger charge is 2.26.